The molecule has 2 aromatic carbocycles. The smallest absolute Gasteiger partial charge is 0.227 e. The monoisotopic (exact) mass is 408 g/mol. The van der Waals surface area contributed by atoms with Crippen LogP contribution in [-0.2, 0) is 16.0 Å². The van der Waals surface area contributed by atoms with Crippen molar-refractivity contribution in [2.24, 2.45) is 0 Å². The fraction of sp³-hybridized carbons (Fsp3) is 0.375. The number of nitrogens with zero attached hydrogens (tertiary/aromatic N) is 2. The molecule has 1 heterocycles. The van der Waals surface area contributed by atoms with E-state index in [2.05, 4.69) is 0 Å². The topological polar surface area (TPSA) is 66.9 Å². The molecule has 0 unspecified atom stereocenters. The third-order valence-corrected chi connectivity index (χ3v) is 5.41. The Labute approximate surface area is 177 Å². The van der Waals surface area contributed by atoms with Gasteiger partial charge in [-0.3, -0.25) is 14.4 Å². The van der Waals surface area contributed by atoms with Crippen LogP contribution in [0.5, 0.6) is 5.75 Å². The van der Waals surface area contributed by atoms with Gasteiger partial charge in [0.05, 0.1) is 13.5 Å². The van der Waals surface area contributed by atoms with E-state index in [1.807, 2.05) is 43.3 Å². The van der Waals surface area contributed by atoms with Gasteiger partial charge in [0.15, 0.2) is 5.78 Å². The van der Waals surface area contributed by atoms with E-state index < -0.39 is 0 Å². The van der Waals surface area contributed by atoms with Crippen LogP contribution in [0.4, 0.5) is 0 Å². The first-order chi connectivity index (χ1) is 14.5. The van der Waals surface area contributed by atoms with Gasteiger partial charge in [-0.15, -0.1) is 0 Å². The van der Waals surface area contributed by atoms with Crippen LogP contribution < -0.4 is 4.74 Å². The molecule has 0 radical (unpaired) electrons. The predicted molar refractivity (Wildman–Crippen MR) is 115 cm³/mol. The highest BCUT2D eigenvalue weighted by molar-refractivity contribution is 5.98. The number of aryl methyl sites for hydroxylation is 1. The average Bonchev–Trinajstić information content (AvgIpc) is 2.78. The van der Waals surface area contributed by atoms with E-state index in [0.29, 0.717) is 38.2 Å². The number of ether oxygens (including phenoxy) is 1. The first-order valence-electron chi connectivity index (χ1n) is 10.2. The number of ketones is 1. The summed E-state index contributed by atoms with van der Waals surface area (Å²) in [6, 6.07) is 14.9. The number of carbonyl (C=O) groups excluding carboxylic acids is 3. The molecule has 6 heteroatoms. The summed E-state index contributed by atoms with van der Waals surface area (Å²) in [6.45, 7) is 4.00. The van der Waals surface area contributed by atoms with Gasteiger partial charge in [-0.1, -0.05) is 42.0 Å². The molecule has 158 valence electrons. The molecule has 1 aliphatic rings. The molecule has 6 nitrogen and oxygen atoms in total. The van der Waals surface area contributed by atoms with E-state index in [1.165, 1.54) is 0 Å². The van der Waals surface area contributed by atoms with Gasteiger partial charge in [-0.25, -0.2) is 0 Å². The summed E-state index contributed by atoms with van der Waals surface area (Å²) < 4.78 is 5.20. The highest BCUT2D eigenvalue weighted by Gasteiger charge is 2.24. The molecular weight excluding hydrogens is 380 g/mol. The van der Waals surface area contributed by atoms with Gasteiger partial charge >= 0.3 is 0 Å². The van der Waals surface area contributed by atoms with Crippen LogP contribution in [0.25, 0.3) is 0 Å². The Morgan fingerprint density at radius 3 is 2.13 bits per heavy atom. The third-order valence-electron chi connectivity index (χ3n) is 5.41. The summed E-state index contributed by atoms with van der Waals surface area (Å²) >= 11 is 0. The molecule has 2 amide bonds. The molecule has 0 aliphatic carbocycles. The van der Waals surface area contributed by atoms with Crippen LogP contribution in [0.1, 0.15) is 34.3 Å². The number of piperazine rings is 1. The fourth-order valence-electron chi connectivity index (χ4n) is 3.54. The Balaban J connectivity index is 1.44. The molecule has 0 atom stereocenters. The molecule has 0 aromatic heterocycles. The first-order valence-corrected chi connectivity index (χ1v) is 10.2. The van der Waals surface area contributed by atoms with Crippen molar-refractivity contribution < 1.29 is 19.1 Å². The molecule has 0 spiro atoms. The van der Waals surface area contributed by atoms with E-state index in [0.717, 1.165) is 16.9 Å². The maximum absolute atomic E-state index is 12.6. The molecule has 2 aromatic rings. The van der Waals surface area contributed by atoms with Gasteiger partial charge in [0.25, 0.3) is 0 Å². The van der Waals surface area contributed by atoms with Gasteiger partial charge in [0, 0.05) is 44.6 Å². The van der Waals surface area contributed by atoms with Crippen molar-refractivity contribution in [1.29, 1.82) is 0 Å². The van der Waals surface area contributed by atoms with E-state index in [4.69, 9.17) is 4.74 Å². The van der Waals surface area contributed by atoms with Crippen molar-refractivity contribution in [2.45, 2.75) is 26.2 Å². The van der Waals surface area contributed by atoms with E-state index in [9.17, 15) is 14.4 Å². The van der Waals surface area contributed by atoms with Gasteiger partial charge < -0.3 is 14.5 Å². The first kappa shape index (κ1) is 21.6. The fourth-order valence-corrected chi connectivity index (χ4v) is 3.54. The van der Waals surface area contributed by atoms with Gasteiger partial charge in [0.1, 0.15) is 5.75 Å². The Morgan fingerprint density at radius 1 is 0.867 bits per heavy atom. The number of benzene rings is 2. The van der Waals surface area contributed by atoms with E-state index in [-0.39, 0.29) is 30.4 Å². The van der Waals surface area contributed by atoms with E-state index >= 15 is 0 Å². The minimum Gasteiger partial charge on any atom is -0.497 e. The summed E-state index contributed by atoms with van der Waals surface area (Å²) in [5, 5.41) is 0. The van der Waals surface area contributed by atoms with Crippen LogP contribution in [-0.4, -0.2) is 60.7 Å². The molecule has 1 fully saturated rings. The van der Waals surface area contributed by atoms with Crippen molar-refractivity contribution in [2.75, 3.05) is 33.3 Å². The number of rotatable bonds is 7. The Kier molecular flexibility index (Phi) is 7.22. The molecular formula is C24H28N2O4. The Morgan fingerprint density at radius 2 is 1.50 bits per heavy atom. The van der Waals surface area contributed by atoms with Crippen molar-refractivity contribution in [1.82, 2.24) is 9.80 Å². The maximum Gasteiger partial charge on any atom is 0.227 e. The van der Waals surface area contributed by atoms with Crippen LogP contribution >= 0.6 is 0 Å². The lowest BCUT2D eigenvalue weighted by Gasteiger charge is -2.35. The van der Waals surface area contributed by atoms with Crippen molar-refractivity contribution in [3.05, 3.63) is 65.2 Å². The lowest BCUT2D eigenvalue weighted by atomic mass is 10.0. The molecule has 1 saturated heterocycles. The summed E-state index contributed by atoms with van der Waals surface area (Å²) in [5.74, 6) is 0.728. The van der Waals surface area contributed by atoms with Gasteiger partial charge in [-0.05, 0) is 24.6 Å². The number of hydrogen-bond acceptors (Lipinski definition) is 4. The molecule has 0 bridgehead atoms. The number of hydrogen-bond donors (Lipinski definition) is 0. The number of Topliss-reactive ketones (excluding diaryl/α,β-unsaturated/α-hetero) is 1. The van der Waals surface area contributed by atoms with E-state index in [1.54, 1.807) is 29.0 Å². The summed E-state index contributed by atoms with van der Waals surface area (Å²) in [4.78, 5) is 40.9. The average molecular weight is 408 g/mol. The summed E-state index contributed by atoms with van der Waals surface area (Å²) in [7, 11) is 1.60. The zero-order chi connectivity index (χ0) is 21.5. The zero-order valence-corrected chi connectivity index (χ0v) is 17.6. The number of amides is 2. The van der Waals surface area contributed by atoms with Crippen LogP contribution in [0.15, 0.2) is 48.5 Å². The lowest BCUT2D eigenvalue weighted by molar-refractivity contribution is -0.139. The number of carbonyl (C=O) groups is 3. The standard InChI is InChI=1S/C24H28N2O4/c1-18-6-8-20(9-7-18)22(27)10-11-23(28)25-12-14-26(15-13-25)24(29)17-19-4-3-5-21(16-19)30-2/h3-9,16H,10-15,17H2,1-2H3. The molecule has 3 rings (SSSR count). The maximum atomic E-state index is 12.6. The molecule has 0 saturated carbocycles. The van der Waals surface area contributed by atoms with Crippen LogP contribution in [0, 0.1) is 6.92 Å². The van der Waals surface area contributed by atoms with Crippen LogP contribution in [0.3, 0.4) is 0 Å². The largest absolute Gasteiger partial charge is 0.497 e. The molecule has 1 aliphatic heterocycles. The Bertz CT molecular complexity index is 900. The summed E-state index contributed by atoms with van der Waals surface area (Å²) in [5.41, 5.74) is 2.65. The SMILES string of the molecule is COc1cccc(CC(=O)N2CCN(C(=O)CCC(=O)c3ccc(C)cc3)CC2)c1. The Hall–Kier alpha value is -3.15. The predicted octanol–water partition coefficient (Wildman–Crippen LogP) is 2.88. The van der Waals surface area contributed by atoms with Crippen molar-refractivity contribution in [3.63, 3.8) is 0 Å². The van der Waals surface area contributed by atoms with Gasteiger partial charge in [0.2, 0.25) is 11.8 Å². The second kappa shape index (κ2) is 10.1. The minimum absolute atomic E-state index is 0.0181. The third kappa shape index (κ3) is 5.69. The van der Waals surface area contributed by atoms with Crippen molar-refractivity contribution >= 4 is 17.6 Å². The number of methoxy groups -OCH3 is 1. The van der Waals surface area contributed by atoms with Gasteiger partial charge in [-0.2, -0.15) is 0 Å². The second-order valence-electron chi connectivity index (χ2n) is 7.58. The molecule has 30 heavy (non-hydrogen) atoms. The minimum atomic E-state index is -0.0321. The lowest BCUT2D eigenvalue weighted by Crippen LogP contribution is -2.51. The van der Waals surface area contributed by atoms with Crippen LogP contribution in [0.2, 0.25) is 0 Å². The quantitative estimate of drug-likeness (QED) is 0.661. The highest BCUT2D eigenvalue weighted by Crippen LogP contribution is 2.15. The normalized spacial score (nSPS) is 13.8. The summed E-state index contributed by atoms with van der Waals surface area (Å²) in [6.07, 6.45) is 0.720. The second-order valence-corrected chi connectivity index (χ2v) is 7.58. The van der Waals surface area contributed by atoms with Crippen molar-refractivity contribution in [3.8, 4) is 5.75 Å². The zero-order valence-electron chi connectivity index (χ0n) is 17.6. The molecule has 0 N–H and O–H groups in total. The highest BCUT2D eigenvalue weighted by atomic mass is 16.5.